The minimum Gasteiger partial charge on any atom is -0.496 e. The third-order valence-corrected chi connectivity index (χ3v) is 5.09. The molecular weight excluding hydrogens is 370 g/mol. The van der Waals surface area contributed by atoms with Crippen molar-refractivity contribution in [1.82, 2.24) is 5.32 Å². The predicted molar refractivity (Wildman–Crippen MR) is 99.5 cm³/mol. The molecule has 5 heteroatoms. The van der Waals surface area contributed by atoms with Crippen molar-refractivity contribution in [3.05, 3.63) is 28.2 Å². The quantitative estimate of drug-likeness (QED) is 0.727. The third kappa shape index (κ3) is 5.40. The van der Waals surface area contributed by atoms with E-state index in [-0.39, 0.29) is 17.6 Å². The molecule has 0 saturated heterocycles. The maximum atomic E-state index is 11.8. The van der Waals surface area contributed by atoms with E-state index < -0.39 is 5.60 Å². The zero-order valence-corrected chi connectivity index (χ0v) is 16.8. The van der Waals surface area contributed by atoms with E-state index in [4.69, 9.17) is 9.47 Å². The summed E-state index contributed by atoms with van der Waals surface area (Å²) >= 11 is 3.53. The van der Waals surface area contributed by atoms with E-state index in [2.05, 4.69) is 40.3 Å². The molecule has 1 N–H and O–H groups in total. The van der Waals surface area contributed by atoms with E-state index in [1.165, 1.54) is 5.56 Å². The second-order valence-electron chi connectivity index (χ2n) is 7.88. The lowest BCUT2D eigenvalue weighted by molar-refractivity contribution is 0.0516. The Labute approximate surface area is 153 Å². The molecule has 1 amide bonds. The van der Waals surface area contributed by atoms with Crippen molar-refractivity contribution >= 4 is 22.0 Å². The Morgan fingerprint density at radius 3 is 2.71 bits per heavy atom. The van der Waals surface area contributed by atoms with Crippen LogP contribution in [0.1, 0.15) is 52.5 Å². The normalized spacial score (nSPS) is 22.8. The second kappa shape index (κ2) is 7.34. The zero-order valence-electron chi connectivity index (χ0n) is 15.2. The molecule has 1 aromatic rings. The van der Waals surface area contributed by atoms with Gasteiger partial charge in [-0.05, 0) is 85.5 Å². The number of carbonyl (C=O) groups excluding carboxylic acids is 1. The van der Waals surface area contributed by atoms with Crippen LogP contribution in [0.25, 0.3) is 0 Å². The molecule has 0 aromatic heterocycles. The summed E-state index contributed by atoms with van der Waals surface area (Å²) in [5, 5.41) is 2.99. The fraction of sp³-hybridized carbons (Fsp3) is 0.632. The van der Waals surface area contributed by atoms with Gasteiger partial charge in [0.25, 0.3) is 0 Å². The standard InChI is InChI=1S/C19H28BrNO3/c1-18(2,3)24-17(22)21-16-12-19(16,4)10-6-7-13-8-9-15(23-5)14(20)11-13/h8-9,11,16H,6-7,10,12H2,1-5H3,(H,21,22)/t16?,19-/m0/s1. The predicted octanol–water partition coefficient (Wildman–Crippen LogP) is 5.08. The van der Waals surface area contributed by atoms with Crippen LogP contribution < -0.4 is 10.1 Å². The average molecular weight is 398 g/mol. The number of ether oxygens (including phenoxy) is 2. The number of aryl methyl sites for hydroxylation is 1. The van der Waals surface area contributed by atoms with Crippen molar-refractivity contribution in [1.29, 1.82) is 0 Å². The largest absolute Gasteiger partial charge is 0.496 e. The highest BCUT2D eigenvalue weighted by molar-refractivity contribution is 9.10. The van der Waals surface area contributed by atoms with Gasteiger partial charge in [0, 0.05) is 6.04 Å². The molecule has 134 valence electrons. The first-order valence-electron chi connectivity index (χ1n) is 8.45. The molecule has 0 spiro atoms. The van der Waals surface area contributed by atoms with Gasteiger partial charge in [0.2, 0.25) is 0 Å². The Kier molecular flexibility index (Phi) is 5.84. The van der Waals surface area contributed by atoms with Gasteiger partial charge in [0.1, 0.15) is 11.4 Å². The third-order valence-electron chi connectivity index (χ3n) is 4.47. The molecule has 0 heterocycles. The van der Waals surface area contributed by atoms with Crippen LogP contribution in [-0.4, -0.2) is 24.8 Å². The maximum Gasteiger partial charge on any atom is 0.407 e. The molecule has 1 fully saturated rings. The molecule has 2 atom stereocenters. The highest BCUT2D eigenvalue weighted by Gasteiger charge is 2.50. The smallest absolute Gasteiger partial charge is 0.407 e. The van der Waals surface area contributed by atoms with E-state index in [1.807, 2.05) is 26.8 Å². The maximum absolute atomic E-state index is 11.8. The number of hydrogen-bond donors (Lipinski definition) is 1. The van der Waals surface area contributed by atoms with Crippen LogP contribution in [-0.2, 0) is 11.2 Å². The molecule has 0 aliphatic heterocycles. The van der Waals surface area contributed by atoms with Gasteiger partial charge in [-0.25, -0.2) is 4.79 Å². The van der Waals surface area contributed by atoms with E-state index in [1.54, 1.807) is 7.11 Å². The minimum atomic E-state index is -0.447. The van der Waals surface area contributed by atoms with Gasteiger partial charge < -0.3 is 14.8 Å². The number of rotatable bonds is 6. The number of benzene rings is 1. The monoisotopic (exact) mass is 397 g/mol. The summed E-state index contributed by atoms with van der Waals surface area (Å²) in [6, 6.07) is 6.44. The van der Waals surface area contributed by atoms with Crippen LogP contribution in [0.2, 0.25) is 0 Å². The second-order valence-corrected chi connectivity index (χ2v) is 8.73. The zero-order chi connectivity index (χ0) is 18.0. The van der Waals surface area contributed by atoms with Crippen molar-refractivity contribution in [2.75, 3.05) is 7.11 Å². The van der Waals surface area contributed by atoms with E-state index in [0.717, 1.165) is 35.9 Å². The van der Waals surface area contributed by atoms with Crippen molar-refractivity contribution in [3.8, 4) is 5.75 Å². The van der Waals surface area contributed by atoms with Gasteiger partial charge >= 0.3 is 6.09 Å². The topological polar surface area (TPSA) is 47.6 Å². The van der Waals surface area contributed by atoms with Crippen LogP contribution >= 0.6 is 15.9 Å². The fourth-order valence-corrected chi connectivity index (χ4v) is 3.51. The number of hydrogen-bond acceptors (Lipinski definition) is 3. The van der Waals surface area contributed by atoms with E-state index >= 15 is 0 Å². The van der Waals surface area contributed by atoms with Gasteiger partial charge in [-0.15, -0.1) is 0 Å². The fourth-order valence-electron chi connectivity index (χ4n) is 2.92. The van der Waals surface area contributed by atoms with Crippen LogP contribution in [0.5, 0.6) is 5.75 Å². The van der Waals surface area contributed by atoms with Gasteiger partial charge in [-0.2, -0.15) is 0 Å². The number of amides is 1. The van der Waals surface area contributed by atoms with Gasteiger partial charge in [0.05, 0.1) is 11.6 Å². The van der Waals surface area contributed by atoms with Crippen LogP contribution in [0.4, 0.5) is 4.79 Å². The Balaban J connectivity index is 1.75. The minimum absolute atomic E-state index is 0.195. The van der Waals surface area contributed by atoms with Crippen LogP contribution in [0.15, 0.2) is 22.7 Å². The first kappa shape index (κ1) is 19.1. The molecular formula is C19H28BrNO3. The summed E-state index contributed by atoms with van der Waals surface area (Å²) in [5.74, 6) is 0.856. The lowest BCUT2D eigenvalue weighted by Crippen LogP contribution is -2.35. The highest BCUT2D eigenvalue weighted by atomic mass is 79.9. The Morgan fingerprint density at radius 2 is 2.12 bits per heavy atom. The highest BCUT2D eigenvalue weighted by Crippen LogP contribution is 2.49. The summed E-state index contributed by atoms with van der Waals surface area (Å²) in [5.41, 5.74) is 1.04. The van der Waals surface area contributed by atoms with Crippen LogP contribution in [0.3, 0.4) is 0 Å². The van der Waals surface area contributed by atoms with E-state index in [0.29, 0.717) is 0 Å². The molecule has 0 bridgehead atoms. The average Bonchev–Trinajstić information content (AvgIpc) is 3.06. The molecule has 1 saturated carbocycles. The summed E-state index contributed by atoms with van der Waals surface area (Å²) in [6.07, 6.45) is 3.93. The molecule has 1 aromatic carbocycles. The summed E-state index contributed by atoms with van der Waals surface area (Å²) < 4.78 is 11.6. The van der Waals surface area contributed by atoms with Crippen molar-refractivity contribution in [3.63, 3.8) is 0 Å². The van der Waals surface area contributed by atoms with Crippen molar-refractivity contribution in [2.24, 2.45) is 5.41 Å². The Hall–Kier alpha value is -1.23. The molecule has 1 unspecified atom stereocenters. The van der Waals surface area contributed by atoms with Gasteiger partial charge in [-0.1, -0.05) is 13.0 Å². The van der Waals surface area contributed by atoms with Crippen LogP contribution in [0, 0.1) is 5.41 Å². The van der Waals surface area contributed by atoms with Gasteiger partial charge in [0.15, 0.2) is 0 Å². The summed E-state index contributed by atoms with van der Waals surface area (Å²) in [6.45, 7) is 7.88. The Morgan fingerprint density at radius 1 is 1.42 bits per heavy atom. The van der Waals surface area contributed by atoms with E-state index in [9.17, 15) is 4.79 Å². The molecule has 1 aliphatic rings. The Bertz CT molecular complexity index is 597. The lowest BCUT2D eigenvalue weighted by atomic mass is 9.98. The number of nitrogens with one attached hydrogen (secondary N) is 1. The molecule has 0 radical (unpaired) electrons. The first-order chi connectivity index (χ1) is 11.1. The lowest BCUT2D eigenvalue weighted by Gasteiger charge is -2.20. The number of carbonyl (C=O) groups is 1. The van der Waals surface area contributed by atoms with Gasteiger partial charge in [-0.3, -0.25) is 0 Å². The molecule has 2 rings (SSSR count). The molecule has 1 aliphatic carbocycles. The first-order valence-corrected chi connectivity index (χ1v) is 9.24. The molecule has 24 heavy (non-hydrogen) atoms. The number of alkyl carbamates (subject to hydrolysis) is 1. The van der Waals surface area contributed by atoms with Crippen molar-refractivity contribution in [2.45, 2.75) is 65.0 Å². The van der Waals surface area contributed by atoms with Crippen molar-refractivity contribution < 1.29 is 14.3 Å². The number of halogens is 1. The summed E-state index contributed by atoms with van der Waals surface area (Å²) in [7, 11) is 1.67. The summed E-state index contributed by atoms with van der Waals surface area (Å²) in [4.78, 5) is 11.8. The SMILES string of the molecule is COc1ccc(CCC[C@@]2(C)CC2NC(=O)OC(C)(C)C)cc1Br. The number of methoxy groups -OCH3 is 1. The molecule has 4 nitrogen and oxygen atoms in total.